The Hall–Kier alpha value is -0.520. The lowest BCUT2D eigenvalue weighted by molar-refractivity contribution is 0.451. The molecule has 0 aromatic rings. The average molecular weight is 134 g/mol. The van der Waals surface area contributed by atoms with Crippen LogP contribution in [-0.4, -0.2) is 0 Å². The number of fused-ring (bicyclic) bond motifs is 1. The van der Waals surface area contributed by atoms with Crippen LogP contribution in [0.25, 0.3) is 0 Å². The van der Waals surface area contributed by atoms with Gasteiger partial charge in [-0.15, -0.1) is 0 Å². The van der Waals surface area contributed by atoms with E-state index in [1.807, 2.05) is 0 Å². The number of rotatable bonds is 0. The van der Waals surface area contributed by atoms with E-state index in [4.69, 9.17) is 0 Å². The topological polar surface area (TPSA) is 0 Å². The van der Waals surface area contributed by atoms with E-state index in [1.54, 1.807) is 0 Å². The third-order valence-corrected chi connectivity index (χ3v) is 2.91. The molecule has 3 unspecified atom stereocenters. The van der Waals surface area contributed by atoms with E-state index in [2.05, 4.69) is 31.2 Å². The summed E-state index contributed by atoms with van der Waals surface area (Å²) in [6.45, 7) is 2.37. The Morgan fingerprint density at radius 2 is 1.90 bits per heavy atom. The van der Waals surface area contributed by atoms with E-state index in [-0.39, 0.29) is 0 Å². The molecular weight excluding hydrogens is 120 g/mol. The van der Waals surface area contributed by atoms with Crippen LogP contribution < -0.4 is 0 Å². The first kappa shape index (κ1) is 6.21. The lowest BCUT2D eigenvalue weighted by Crippen LogP contribution is -2.09. The van der Waals surface area contributed by atoms with E-state index in [0.717, 1.165) is 17.8 Å². The fourth-order valence-electron chi connectivity index (χ4n) is 2.22. The molecule has 0 saturated heterocycles. The van der Waals surface area contributed by atoms with Gasteiger partial charge in [0.15, 0.2) is 0 Å². The Labute approximate surface area is 62.6 Å². The summed E-state index contributed by atoms with van der Waals surface area (Å²) >= 11 is 0. The molecule has 2 rings (SSSR count). The summed E-state index contributed by atoms with van der Waals surface area (Å²) in [6.07, 6.45) is 12.0. The summed E-state index contributed by atoms with van der Waals surface area (Å²) in [4.78, 5) is 0. The van der Waals surface area contributed by atoms with E-state index in [9.17, 15) is 0 Å². The van der Waals surface area contributed by atoms with Crippen molar-refractivity contribution in [3.05, 3.63) is 24.3 Å². The summed E-state index contributed by atoms with van der Waals surface area (Å²) in [6, 6.07) is 0. The second-order valence-electron chi connectivity index (χ2n) is 3.57. The van der Waals surface area contributed by atoms with Crippen LogP contribution in [0.5, 0.6) is 0 Å². The molecule has 0 radical (unpaired) electrons. The van der Waals surface area contributed by atoms with E-state index in [1.165, 1.54) is 12.8 Å². The monoisotopic (exact) mass is 134 g/mol. The predicted molar refractivity (Wildman–Crippen MR) is 43.7 cm³/mol. The molecule has 0 spiro atoms. The Bertz CT molecular complexity index is 176. The van der Waals surface area contributed by atoms with Gasteiger partial charge in [0.1, 0.15) is 0 Å². The molecule has 10 heavy (non-hydrogen) atoms. The molecule has 0 aliphatic heterocycles. The van der Waals surface area contributed by atoms with Crippen molar-refractivity contribution in [2.75, 3.05) is 0 Å². The van der Waals surface area contributed by atoms with Crippen molar-refractivity contribution in [1.82, 2.24) is 0 Å². The largest absolute Gasteiger partial charge is 0.0808 e. The van der Waals surface area contributed by atoms with Crippen LogP contribution in [0, 0.1) is 17.8 Å². The molecule has 3 atom stereocenters. The van der Waals surface area contributed by atoms with Gasteiger partial charge in [-0.05, 0) is 30.6 Å². The average Bonchev–Trinajstić information content (AvgIpc) is 2.34. The van der Waals surface area contributed by atoms with Gasteiger partial charge in [-0.3, -0.25) is 0 Å². The molecule has 0 aromatic heterocycles. The maximum atomic E-state index is 2.38. The van der Waals surface area contributed by atoms with Crippen LogP contribution in [0.2, 0.25) is 0 Å². The van der Waals surface area contributed by atoms with Crippen molar-refractivity contribution in [2.24, 2.45) is 17.8 Å². The summed E-state index contributed by atoms with van der Waals surface area (Å²) in [7, 11) is 0. The van der Waals surface area contributed by atoms with Crippen LogP contribution in [0.3, 0.4) is 0 Å². The smallest absolute Gasteiger partial charge is 0.0142 e. The van der Waals surface area contributed by atoms with Gasteiger partial charge >= 0.3 is 0 Å². The van der Waals surface area contributed by atoms with Gasteiger partial charge in [0.25, 0.3) is 0 Å². The fourth-order valence-corrected chi connectivity index (χ4v) is 2.22. The van der Waals surface area contributed by atoms with Gasteiger partial charge in [-0.2, -0.15) is 0 Å². The molecule has 1 saturated carbocycles. The molecule has 2 aliphatic carbocycles. The quantitative estimate of drug-likeness (QED) is 0.478. The third-order valence-electron chi connectivity index (χ3n) is 2.91. The highest BCUT2D eigenvalue weighted by Crippen LogP contribution is 2.39. The van der Waals surface area contributed by atoms with Crippen molar-refractivity contribution in [1.29, 1.82) is 0 Å². The Kier molecular flexibility index (Phi) is 1.40. The Morgan fingerprint density at radius 1 is 1.10 bits per heavy atom. The second kappa shape index (κ2) is 2.26. The lowest BCUT2D eigenvalue weighted by atomic mass is 9.87. The normalized spacial score (nSPS) is 43.9. The molecule has 0 aromatic carbocycles. The first-order chi connectivity index (χ1) is 4.88. The molecule has 1 fully saturated rings. The summed E-state index contributed by atoms with van der Waals surface area (Å²) in [5.74, 6) is 2.66. The van der Waals surface area contributed by atoms with Crippen LogP contribution in [0.4, 0.5) is 0 Å². The molecule has 0 amide bonds. The van der Waals surface area contributed by atoms with Crippen LogP contribution >= 0.6 is 0 Å². The minimum Gasteiger partial charge on any atom is -0.0808 e. The van der Waals surface area contributed by atoms with Crippen molar-refractivity contribution < 1.29 is 0 Å². The molecule has 0 heteroatoms. The minimum atomic E-state index is 0.866. The molecule has 54 valence electrons. The highest BCUT2D eigenvalue weighted by Gasteiger charge is 2.30. The minimum absolute atomic E-state index is 0.866. The molecule has 0 N–H and O–H groups in total. The Morgan fingerprint density at radius 3 is 2.70 bits per heavy atom. The van der Waals surface area contributed by atoms with Crippen molar-refractivity contribution in [3.63, 3.8) is 0 Å². The number of hydrogen-bond acceptors (Lipinski definition) is 0. The summed E-state index contributed by atoms with van der Waals surface area (Å²) in [5, 5.41) is 0. The first-order valence-electron chi connectivity index (χ1n) is 4.23. The van der Waals surface area contributed by atoms with Crippen molar-refractivity contribution >= 4 is 0 Å². The standard InChI is InChI=1S/C10H14/c1-8-6-7-9-4-2-3-5-10(8)9/h2-5,8-10H,6-7H2,1H3. The highest BCUT2D eigenvalue weighted by molar-refractivity contribution is 5.16. The zero-order valence-electron chi connectivity index (χ0n) is 6.46. The molecule has 0 heterocycles. The molecule has 2 aliphatic rings. The van der Waals surface area contributed by atoms with Gasteiger partial charge in [-0.1, -0.05) is 31.2 Å². The zero-order valence-corrected chi connectivity index (χ0v) is 6.46. The fraction of sp³-hybridized carbons (Fsp3) is 0.600. The van der Waals surface area contributed by atoms with E-state index >= 15 is 0 Å². The Balaban J connectivity index is 2.19. The van der Waals surface area contributed by atoms with Crippen molar-refractivity contribution in [2.45, 2.75) is 19.8 Å². The van der Waals surface area contributed by atoms with E-state index in [0.29, 0.717) is 0 Å². The molecule has 0 bridgehead atoms. The first-order valence-corrected chi connectivity index (χ1v) is 4.23. The lowest BCUT2D eigenvalue weighted by Gasteiger charge is -2.18. The second-order valence-corrected chi connectivity index (χ2v) is 3.57. The van der Waals surface area contributed by atoms with Crippen LogP contribution in [0.15, 0.2) is 24.3 Å². The molecule has 0 nitrogen and oxygen atoms in total. The van der Waals surface area contributed by atoms with Gasteiger partial charge in [-0.25, -0.2) is 0 Å². The van der Waals surface area contributed by atoms with Gasteiger partial charge in [0, 0.05) is 0 Å². The SMILES string of the molecule is CC1CCC2C=CC=CC12. The highest BCUT2D eigenvalue weighted by atomic mass is 14.3. The van der Waals surface area contributed by atoms with Crippen molar-refractivity contribution in [3.8, 4) is 0 Å². The number of hydrogen-bond donors (Lipinski definition) is 0. The maximum Gasteiger partial charge on any atom is -0.0142 e. The number of allylic oxidation sites excluding steroid dienone is 4. The van der Waals surface area contributed by atoms with Crippen LogP contribution in [-0.2, 0) is 0 Å². The van der Waals surface area contributed by atoms with Crippen LogP contribution in [0.1, 0.15) is 19.8 Å². The predicted octanol–water partition coefficient (Wildman–Crippen LogP) is 2.77. The van der Waals surface area contributed by atoms with E-state index < -0.39 is 0 Å². The van der Waals surface area contributed by atoms with Gasteiger partial charge < -0.3 is 0 Å². The maximum absolute atomic E-state index is 2.38. The summed E-state index contributed by atoms with van der Waals surface area (Å²) < 4.78 is 0. The van der Waals surface area contributed by atoms with Gasteiger partial charge in [0.2, 0.25) is 0 Å². The third kappa shape index (κ3) is 0.828. The summed E-state index contributed by atoms with van der Waals surface area (Å²) in [5.41, 5.74) is 0. The zero-order chi connectivity index (χ0) is 6.97. The molecular formula is C10H14. The van der Waals surface area contributed by atoms with Gasteiger partial charge in [0.05, 0.1) is 0 Å².